The second kappa shape index (κ2) is 7.91. The van der Waals surface area contributed by atoms with Gasteiger partial charge in [0.15, 0.2) is 16.9 Å². The zero-order valence-electron chi connectivity index (χ0n) is 16.7. The van der Waals surface area contributed by atoms with Gasteiger partial charge in [0.1, 0.15) is 22.5 Å². The van der Waals surface area contributed by atoms with Crippen molar-refractivity contribution in [3.8, 4) is 34.3 Å². The third-order valence-corrected chi connectivity index (χ3v) is 5.61. The van der Waals surface area contributed by atoms with Crippen LogP contribution in [-0.2, 0) is 0 Å². The standard InChI is InChI=1S/C23H24O7/c1-28-21-17(26)13-19-20(22(21)29-11-10-23(27)8-2-3-9-23)16(25)12-18(30-19)14-4-6-15(24)7-5-14/h4-7,12-13,24,26-27H,2-3,8-11H2,1H3. The number of aliphatic hydroxyl groups is 1. The Labute approximate surface area is 173 Å². The van der Waals surface area contributed by atoms with Gasteiger partial charge in [0.25, 0.3) is 0 Å². The minimum atomic E-state index is -0.753. The highest BCUT2D eigenvalue weighted by molar-refractivity contribution is 5.90. The van der Waals surface area contributed by atoms with E-state index in [-0.39, 0.29) is 46.0 Å². The highest BCUT2D eigenvalue weighted by Gasteiger charge is 2.31. The van der Waals surface area contributed by atoms with Crippen molar-refractivity contribution in [2.45, 2.75) is 37.7 Å². The molecule has 4 rings (SSSR count). The van der Waals surface area contributed by atoms with Gasteiger partial charge in [-0.1, -0.05) is 12.8 Å². The molecule has 7 heteroatoms. The lowest BCUT2D eigenvalue weighted by molar-refractivity contribution is 0.0256. The summed E-state index contributed by atoms with van der Waals surface area (Å²) in [5, 5.41) is 30.6. The van der Waals surface area contributed by atoms with Gasteiger partial charge in [-0.05, 0) is 37.1 Å². The molecule has 1 fully saturated rings. The van der Waals surface area contributed by atoms with Crippen molar-refractivity contribution < 1.29 is 29.2 Å². The van der Waals surface area contributed by atoms with E-state index >= 15 is 0 Å². The average molecular weight is 412 g/mol. The van der Waals surface area contributed by atoms with E-state index in [1.165, 1.54) is 31.4 Å². The summed E-state index contributed by atoms with van der Waals surface area (Å²) in [5.41, 5.74) is -0.352. The summed E-state index contributed by atoms with van der Waals surface area (Å²) < 4.78 is 17.0. The number of methoxy groups -OCH3 is 1. The molecule has 0 radical (unpaired) electrons. The van der Waals surface area contributed by atoms with Crippen molar-refractivity contribution in [3.05, 3.63) is 46.6 Å². The van der Waals surface area contributed by atoms with Crippen molar-refractivity contribution >= 4 is 11.0 Å². The van der Waals surface area contributed by atoms with Crippen molar-refractivity contribution in [3.63, 3.8) is 0 Å². The summed E-state index contributed by atoms with van der Waals surface area (Å²) in [4.78, 5) is 12.9. The van der Waals surface area contributed by atoms with Crippen LogP contribution in [0.25, 0.3) is 22.3 Å². The van der Waals surface area contributed by atoms with Crippen LogP contribution >= 0.6 is 0 Å². The van der Waals surface area contributed by atoms with E-state index in [4.69, 9.17) is 13.9 Å². The van der Waals surface area contributed by atoms with Gasteiger partial charge < -0.3 is 29.2 Å². The zero-order chi connectivity index (χ0) is 21.3. The zero-order valence-corrected chi connectivity index (χ0v) is 16.7. The predicted molar refractivity (Wildman–Crippen MR) is 111 cm³/mol. The van der Waals surface area contributed by atoms with Crippen LogP contribution in [0.5, 0.6) is 23.0 Å². The Balaban J connectivity index is 1.74. The third-order valence-electron chi connectivity index (χ3n) is 5.61. The van der Waals surface area contributed by atoms with Crippen LogP contribution in [0.15, 0.2) is 45.6 Å². The Morgan fingerprint density at radius 1 is 1.07 bits per heavy atom. The van der Waals surface area contributed by atoms with Crippen molar-refractivity contribution in [1.29, 1.82) is 0 Å². The third kappa shape index (κ3) is 3.80. The molecule has 0 bridgehead atoms. The normalized spacial score (nSPS) is 15.4. The van der Waals surface area contributed by atoms with E-state index in [1.807, 2.05) is 0 Å². The summed E-state index contributed by atoms with van der Waals surface area (Å²) in [6.07, 6.45) is 3.85. The Hall–Kier alpha value is -3.19. The smallest absolute Gasteiger partial charge is 0.204 e. The van der Waals surface area contributed by atoms with Gasteiger partial charge in [-0.15, -0.1) is 0 Å². The first kappa shape index (κ1) is 20.1. The van der Waals surface area contributed by atoms with Gasteiger partial charge in [-0.25, -0.2) is 0 Å². The largest absolute Gasteiger partial charge is 0.508 e. The molecule has 30 heavy (non-hydrogen) atoms. The van der Waals surface area contributed by atoms with Crippen LogP contribution in [0.2, 0.25) is 0 Å². The molecule has 158 valence electrons. The first-order valence-electron chi connectivity index (χ1n) is 9.93. The summed E-state index contributed by atoms with van der Waals surface area (Å²) in [6, 6.07) is 8.89. The second-order valence-electron chi connectivity index (χ2n) is 7.68. The Bertz CT molecular complexity index is 1110. The lowest BCUT2D eigenvalue weighted by Crippen LogP contribution is -2.26. The molecular weight excluding hydrogens is 388 g/mol. The van der Waals surface area contributed by atoms with Gasteiger partial charge >= 0.3 is 0 Å². The Kier molecular flexibility index (Phi) is 5.30. The van der Waals surface area contributed by atoms with Gasteiger partial charge in [0.05, 0.1) is 19.3 Å². The number of benzene rings is 2. The highest BCUT2D eigenvalue weighted by Crippen LogP contribution is 2.43. The second-order valence-corrected chi connectivity index (χ2v) is 7.68. The molecule has 0 unspecified atom stereocenters. The number of fused-ring (bicyclic) bond motifs is 1. The predicted octanol–water partition coefficient (Wildman–Crippen LogP) is 3.95. The molecular formula is C23H24O7. The Morgan fingerprint density at radius 2 is 1.77 bits per heavy atom. The summed E-state index contributed by atoms with van der Waals surface area (Å²) in [5.74, 6) is 0.323. The maximum atomic E-state index is 12.9. The van der Waals surface area contributed by atoms with E-state index in [9.17, 15) is 20.1 Å². The quantitative estimate of drug-likeness (QED) is 0.562. The molecule has 0 aliphatic heterocycles. The van der Waals surface area contributed by atoms with Crippen molar-refractivity contribution in [2.75, 3.05) is 13.7 Å². The maximum Gasteiger partial charge on any atom is 0.204 e. The van der Waals surface area contributed by atoms with Crippen LogP contribution in [-0.4, -0.2) is 34.6 Å². The molecule has 0 atom stereocenters. The molecule has 1 aliphatic carbocycles. The summed E-state index contributed by atoms with van der Waals surface area (Å²) in [7, 11) is 1.38. The fourth-order valence-corrected chi connectivity index (χ4v) is 3.99. The number of phenolic OH excluding ortho intramolecular Hbond substituents is 2. The highest BCUT2D eigenvalue weighted by atomic mass is 16.5. The fraction of sp³-hybridized carbons (Fsp3) is 0.348. The first-order valence-corrected chi connectivity index (χ1v) is 9.93. The molecule has 0 spiro atoms. The first-order chi connectivity index (χ1) is 14.4. The minimum Gasteiger partial charge on any atom is -0.508 e. The van der Waals surface area contributed by atoms with E-state index in [1.54, 1.807) is 12.1 Å². The molecule has 1 aromatic heterocycles. The van der Waals surface area contributed by atoms with Crippen LogP contribution in [0.1, 0.15) is 32.1 Å². The summed E-state index contributed by atoms with van der Waals surface area (Å²) in [6.45, 7) is 0.171. The van der Waals surface area contributed by atoms with Gasteiger partial charge in [-0.3, -0.25) is 4.79 Å². The lowest BCUT2D eigenvalue weighted by atomic mass is 9.99. The maximum absolute atomic E-state index is 12.9. The number of hydrogen-bond donors (Lipinski definition) is 3. The molecule has 1 saturated carbocycles. The molecule has 1 heterocycles. The van der Waals surface area contributed by atoms with Gasteiger partial charge in [0.2, 0.25) is 5.75 Å². The van der Waals surface area contributed by atoms with Crippen LogP contribution in [0.4, 0.5) is 0 Å². The van der Waals surface area contributed by atoms with Crippen LogP contribution in [0.3, 0.4) is 0 Å². The number of hydrogen-bond acceptors (Lipinski definition) is 7. The van der Waals surface area contributed by atoms with E-state index in [2.05, 4.69) is 0 Å². The molecule has 2 aromatic carbocycles. The SMILES string of the molecule is COc1c(O)cc2oc(-c3ccc(O)cc3)cc(=O)c2c1OCCC1(O)CCCC1. The lowest BCUT2D eigenvalue weighted by Gasteiger charge is -2.22. The number of ether oxygens (including phenoxy) is 2. The topological polar surface area (TPSA) is 109 Å². The van der Waals surface area contributed by atoms with E-state index in [0.29, 0.717) is 17.7 Å². The monoisotopic (exact) mass is 412 g/mol. The molecule has 1 aliphatic rings. The Morgan fingerprint density at radius 3 is 2.43 bits per heavy atom. The van der Waals surface area contributed by atoms with Gasteiger partial charge in [0, 0.05) is 24.1 Å². The molecule has 7 nitrogen and oxygen atoms in total. The molecule has 3 aromatic rings. The van der Waals surface area contributed by atoms with E-state index in [0.717, 1.165) is 25.7 Å². The number of rotatable bonds is 6. The van der Waals surface area contributed by atoms with E-state index < -0.39 is 5.60 Å². The fourth-order valence-electron chi connectivity index (χ4n) is 3.99. The number of phenols is 2. The van der Waals surface area contributed by atoms with Crippen molar-refractivity contribution in [1.82, 2.24) is 0 Å². The minimum absolute atomic E-state index is 0.0468. The number of aromatic hydroxyl groups is 2. The van der Waals surface area contributed by atoms with Crippen molar-refractivity contribution in [2.24, 2.45) is 0 Å². The molecule has 0 saturated heterocycles. The summed E-state index contributed by atoms with van der Waals surface area (Å²) >= 11 is 0. The molecule has 0 amide bonds. The van der Waals surface area contributed by atoms with Gasteiger partial charge in [-0.2, -0.15) is 0 Å². The molecule has 3 N–H and O–H groups in total. The average Bonchev–Trinajstić information content (AvgIpc) is 3.14. The van der Waals surface area contributed by atoms with Crippen LogP contribution in [0, 0.1) is 0 Å². The van der Waals surface area contributed by atoms with Crippen LogP contribution < -0.4 is 14.9 Å².